The van der Waals surface area contributed by atoms with Crippen molar-refractivity contribution < 1.29 is 13.2 Å². The number of rotatable bonds is 5. The molecule has 1 saturated heterocycles. The Hall–Kier alpha value is -1.01. The van der Waals surface area contributed by atoms with Crippen LogP contribution in [0.15, 0.2) is 29.2 Å². The van der Waals surface area contributed by atoms with Crippen LogP contribution in [0.25, 0.3) is 0 Å². The van der Waals surface area contributed by atoms with Crippen molar-refractivity contribution in [1.29, 1.82) is 0 Å². The molecule has 0 N–H and O–H groups in total. The molecule has 1 aliphatic heterocycles. The largest absolute Gasteiger partial charge is 0.338 e. The molecule has 1 fully saturated rings. The third-order valence-corrected chi connectivity index (χ3v) is 6.67. The first-order chi connectivity index (χ1) is 9.93. The monoisotopic (exact) mass is 327 g/mol. The maximum Gasteiger partial charge on any atom is 0.233 e. The Labute approximate surface area is 130 Å². The van der Waals surface area contributed by atoms with Gasteiger partial charge in [0.1, 0.15) is 0 Å². The van der Waals surface area contributed by atoms with Crippen LogP contribution in [-0.2, 0) is 14.6 Å². The minimum Gasteiger partial charge on any atom is -0.338 e. The number of hydrogen-bond acceptors (Lipinski definition) is 4. The highest BCUT2D eigenvalue weighted by Crippen LogP contribution is 2.24. The van der Waals surface area contributed by atoms with Gasteiger partial charge in [0.05, 0.1) is 17.3 Å². The second-order valence-corrected chi connectivity index (χ2v) is 8.54. The number of carbonyl (C=O) groups excluding carboxylic acids is 1. The third-order valence-electron chi connectivity index (χ3n) is 3.75. The smallest absolute Gasteiger partial charge is 0.233 e. The number of sulfone groups is 1. The molecule has 0 bridgehead atoms. The highest BCUT2D eigenvalue weighted by molar-refractivity contribution is 8.00. The fraction of sp³-hybridized carbons (Fsp3) is 0.533. The lowest BCUT2D eigenvalue weighted by Gasteiger charge is -2.26. The molecule has 1 aromatic rings. The summed E-state index contributed by atoms with van der Waals surface area (Å²) in [6, 6.07) is 7.81. The van der Waals surface area contributed by atoms with Crippen LogP contribution in [0.4, 0.5) is 0 Å². The normalized spacial score (nSPS) is 20.4. The van der Waals surface area contributed by atoms with Crippen molar-refractivity contribution in [1.82, 2.24) is 4.90 Å². The predicted octanol–water partition coefficient (Wildman–Crippen LogP) is 2.12. The van der Waals surface area contributed by atoms with Gasteiger partial charge in [0.25, 0.3) is 0 Å². The molecule has 0 spiro atoms. The van der Waals surface area contributed by atoms with E-state index in [1.54, 1.807) is 4.90 Å². The van der Waals surface area contributed by atoms with Crippen LogP contribution in [0, 0.1) is 6.92 Å². The van der Waals surface area contributed by atoms with Gasteiger partial charge < -0.3 is 4.90 Å². The standard InChI is InChI=1S/C15H21NO3S2/c1-3-16(13-8-9-21(18,19)11-13)15(17)10-20-14-7-5-4-6-12(14)2/h4-7,13H,3,8-11H2,1-2H3. The van der Waals surface area contributed by atoms with Crippen molar-refractivity contribution in [3.63, 3.8) is 0 Å². The summed E-state index contributed by atoms with van der Waals surface area (Å²) in [5.74, 6) is 0.691. The van der Waals surface area contributed by atoms with E-state index in [1.807, 2.05) is 38.1 Å². The summed E-state index contributed by atoms with van der Waals surface area (Å²) >= 11 is 1.52. The van der Waals surface area contributed by atoms with Crippen LogP contribution in [0.5, 0.6) is 0 Å². The molecule has 0 aliphatic carbocycles. The summed E-state index contributed by atoms with van der Waals surface area (Å²) in [5, 5.41) is 0. The SMILES string of the molecule is CCN(C(=O)CSc1ccccc1C)C1CCS(=O)(=O)C1. The molecule has 116 valence electrons. The molecular formula is C15H21NO3S2. The summed E-state index contributed by atoms with van der Waals surface area (Å²) in [7, 11) is -2.96. The maximum atomic E-state index is 12.4. The number of amides is 1. The molecule has 6 heteroatoms. The molecule has 0 radical (unpaired) electrons. The van der Waals surface area contributed by atoms with Gasteiger partial charge in [-0.05, 0) is 31.9 Å². The Balaban J connectivity index is 1.97. The first-order valence-corrected chi connectivity index (χ1v) is 9.92. The van der Waals surface area contributed by atoms with E-state index >= 15 is 0 Å². The minimum absolute atomic E-state index is 0.0212. The lowest BCUT2D eigenvalue weighted by molar-refractivity contribution is -0.129. The molecule has 1 amide bonds. The molecule has 1 aliphatic rings. The number of aryl methyl sites for hydroxylation is 1. The van der Waals surface area contributed by atoms with Crippen molar-refractivity contribution in [2.75, 3.05) is 23.8 Å². The molecule has 1 atom stereocenters. The van der Waals surface area contributed by atoms with E-state index in [9.17, 15) is 13.2 Å². The van der Waals surface area contributed by atoms with Gasteiger partial charge in [-0.15, -0.1) is 11.8 Å². The number of hydrogen-bond donors (Lipinski definition) is 0. The van der Waals surface area contributed by atoms with Gasteiger partial charge in [-0.2, -0.15) is 0 Å². The number of thioether (sulfide) groups is 1. The third kappa shape index (κ3) is 4.23. The second kappa shape index (κ2) is 6.83. The van der Waals surface area contributed by atoms with E-state index in [0.717, 1.165) is 10.5 Å². The van der Waals surface area contributed by atoms with Crippen molar-refractivity contribution in [3.05, 3.63) is 29.8 Å². The zero-order valence-corrected chi connectivity index (χ0v) is 14.0. The van der Waals surface area contributed by atoms with Gasteiger partial charge in [-0.1, -0.05) is 18.2 Å². The van der Waals surface area contributed by atoms with Crippen LogP contribution < -0.4 is 0 Å². The van der Waals surface area contributed by atoms with Crippen molar-refractivity contribution >= 4 is 27.5 Å². The average Bonchev–Trinajstić information content (AvgIpc) is 2.79. The Morgan fingerprint density at radius 3 is 2.67 bits per heavy atom. The Morgan fingerprint density at radius 2 is 2.10 bits per heavy atom. The quantitative estimate of drug-likeness (QED) is 0.778. The van der Waals surface area contributed by atoms with Crippen LogP contribution >= 0.6 is 11.8 Å². The van der Waals surface area contributed by atoms with Crippen LogP contribution in [-0.4, -0.2) is 49.1 Å². The van der Waals surface area contributed by atoms with E-state index in [2.05, 4.69) is 0 Å². The zero-order chi connectivity index (χ0) is 15.5. The predicted molar refractivity (Wildman–Crippen MR) is 86.3 cm³/mol. The van der Waals surface area contributed by atoms with Gasteiger partial charge >= 0.3 is 0 Å². The van der Waals surface area contributed by atoms with Gasteiger partial charge in [0.2, 0.25) is 5.91 Å². The summed E-state index contributed by atoms with van der Waals surface area (Å²) < 4.78 is 23.1. The van der Waals surface area contributed by atoms with Crippen LogP contribution in [0.3, 0.4) is 0 Å². The van der Waals surface area contributed by atoms with E-state index in [-0.39, 0.29) is 23.5 Å². The Bertz CT molecular complexity index is 613. The molecule has 0 saturated carbocycles. The lowest BCUT2D eigenvalue weighted by atomic mass is 10.2. The fourth-order valence-corrected chi connectivity index (χ4v) is 5.25. The highest BCUT2D eigenvalue weighted by atomic mass is 32.2. The molecule has 1 unspecified atom stereocenters. The number of benzene rings is 1. The van der Waals surface area contributed by atoms with Crippen molar-refractivity contribution in [3.8, 4) is 0 Å². The maximum absolute atomic E-state index is 12.4. The van der Waals surface area contributed by atoms with Gasteiger partial charge in [0, 0.05) is 17.5 Å². The molecule has 1 heterocycles. The van der Waals surface area contributed by atoms with Crippen LogP contribution in [0.2, 0.25) is 0 Å². The number of carbonyl (C=O) groups is 1. The molecular weight excluding hydrogens is 306 g/mol. The molecule has 21 heavy (non-hydrogen) atoms. The summed E-state index contributed by atoms with van der Waals surface area (Å²) in [5.41, 5.74) is 1.15. The van der Waals surface area contributed by atoms with E-state index in [1.165, 1.54) is 11.8 Å². The molecule has 1 aromatic carbocycles. The first-order valence-electron chi connectivity index (χ1n) is 7.11. The molecule has 2 rings (SSSR count). The first kappa shape index (κ1) is 16.4. The van der Waals surface area contributed by atoms with E-state index in [4.69, 9.17) is 0 Å². The Morgan fingerprint density at radius 1 is 1.38 bits per heavy atom. The number of nitrogens with zero attached hydrogens (tertiary/aromatic N) is 1. The van der Waals surface area contributed by atoms with Gasteiger partial charge in [0.15, 0.2) is 9.84 Å². The minimum atomic E-state index is -2.96. The van der Waals surface area contributed by atoms with Crippen LogP contribution in [0.1, 0.15) is 18.9 Å². The van der Waals surface area contributed by atoms with Crippen molar-refractivity contribution in [2.24, 2.45) is 0 Å². The Kier molecular flexibility index (Phi) is 5.32. The van der Waals surface area contributed by atoms with Gasteiger partial charge in [-0.3, -0.25) is 4.79 Å². The summed E-state index contributed by atoms with van der Waals surface area (Å²) in [4.78, 5) is 15.2. The zero-order valence-electron chi connectivity index (χ0n) is 12.4. The topological polar surface area (TPSA) is 54.5 Å². The van der Waals surface area contributed by atoms with E-state index in [0.29, 0.717) is 18.7 Å². The second-order valence-electron chi connectivity index (χ2n) is 5.29. The average molecular weight is 327 g/mol. The summed E-state index contributed by atoms with van der Waals surface area (Å²) in [6.07, 6.45) is 0.566. The summed E-state index contributed by atoms with van der Waals surface area (Å²) in [6.45, 7) is 4.49. The van der Waals surface area contributed by atoms with Crippen molar-refractivity contribution in [2.45, 2.75) is 31.2 Å². The fourth-order valence-electron chi connectivity index (χ4n) is 2.60. The lowest BCUT2D eigenvalue weighted by Crippen LogP contribution is -2.41. The molecule has 0 aromatic heterocycles. The molecule has 4 nitrogen and oxygen atoms in total. The van der Waals surface area contributed by atoms with Gasteiger partial charge in [-0.25, -0.2) is 8.42 Å². The highest BCUT2D eigenvalue weighted by Gasteiger charge is 2.33. The van der Waals surface area contributed by atoms with E-state index < -0.39 is 9.84 Å².